The molecule has 4 rings (SSSR count). The molecule has 0 amide bonds. The monoisotopic (exact) mass is 443 g/mol. The molecule has 0 bridgehead atoms. The number of aromatic nitrogens is 1. The van der Waals surface area contributed by atoms with Crippen molar-refractivity contribution in [3.8, 4) is 5.88 Å². The molecule has 0 aliphatic carbocycles. The molecule has 0 atom stereocenters. The molecule has 2 heterocycles. The largest absolute Gasteiger partial charge is 0.473 e. The second-order valence-electron chi connectivity index (χ2n) is 8.32. The average Bonchev–Trinajstić information content (AvgIpc) is 3.38. The maximum atomic E-state index is 5.96. The molecule has 1 aliphatic rings. The highest BCUT2D eigenvalue weighted by Gasteiger charge is 2.11. The van der Waals surface area contributed by atoms with Gasteiger partial charge in [-0.05, 0) is 48.7 Å². The number of rotatable bonds is 9. The normalized spacial score (nSPS) is 14.3. The number of nitrogens with zero attached hydrogens (tertiary/aromatic N) is 3. The Bertz CT molecular complexity index is 1010. The van der Waals surface area contributed by atoms with Gasteiger partial charge in [0.05, 0.1) is 0 Å². The van der Waals surface area contributed by atoms with Gasteiger partial charge in [0, 0.05) is 38.4 Å². The summed E-state index contributed by atoms with van der Waals surface area (Å²) in [6, 6.07) is 22.9. The zero-order valence-electron chi connectivity index (χ0n) is 19.3. The van der Waals surface area contributed by atoms with Crippen molar-refractivity contribution in [2.45, 2.75) is 39.1 Å². The second-order valence-corrected chi connectivity index (χ2v) is 8.32. The number of hydrogen-bond donors (Lipinski definition) is 2. The van der Waals surface area contributed by atoms with Crippen LogP contribution in [0.1, 0.15) is 35.1 Å². The lowest BCUT2D eigenvalue weighted by atomic mass is 10.1. The van der Waals surface area contributed by atoms with Crippen LogP contribution in [0.15, 0.2) is 77.9 Å². The number of aliphatic imine (C=N–C) groups is 1. The molecule has 2 N–H and O–H groups in total. The summed E-state index contributed by atoms with van der Waals surface area (Å²) in [6.07, 6.45) is 4.41. The van der Waals surface area contributed by atoms with Crippen molar-refractivity contribution in [2.75, 3.05) is 20.1 Å². The number of benzene rings is 2. The highest BCUT2D eigenvalue weighted by molar-refractivity contribution is 5.79. The summed E-state index contributed by atoms with van der Waals surface area (Å²) in [7, 11) is 1.78. The van der Waals surface area contributed by atoms with Crippen LogP contribution in [0.5, 0.6) is 5.88 Å². The third kappa shape index (κ3) is 7.05. The van der Waals surface area contributed by atoms with Crippen LogP contribution in [0.4, 0.5) is 0 Å². The molecule has 2 aromatic carbocycles. The highest BCUT2D eigenvalue weighted by Crippen LogP contribution is 2.16. The molecule has 0 spiro atoms. The summed E-state index contributed by atoms with van der Waals surface area (Å²) >= 11 is 0. The summed E-state index contributed by atoms with van der Waals surface area (Å²) in [5, 5.41) is 6.76. The summed E-state index contributed by atoms with van der Waals surface area (Å²) in [4.78, 5) is 11.3. The van der Waals surface area contributed by atoms with Crippen molar-refractivity contribution in [3.05, 3.63) is 95.2 Å². The van der Waals surface area contributed by atoms with Crippen LogP contribution in [0.25, 0.3) is 0 Å². The van der Waals surface area contributed by atoms with E-state index in [0.717, 1.165) is 23.6 Å². The van der Waals surface area contributed by atoms with E-state index in [-0.39, 0.29) is 0 Å². The fourth-order valence-corrected chi connectivity index (χ4v) is 3.96. The summed E-state index contributed by atoms with van der Waals surface area (Å²) in [5.41, 5.74) is 4.72. The molecular weight excluding hydrogens is 410 g/mol. The fourth-order valence-electron chi connectivity index (χ4n) is 3.96. The Hall–Kier alpha value is -3.38. The fraction of sp³-hybridized carbons (Fsp3) is 0.333. The van der Waals surface area contributed by atoms with Gasteiger partial charge in [-0.2, -0.15) is 0 Å². The molecule has 1 aliphatic heterocycles. The van der Waals surface area contributed by atoms with E-state index in [1.807, 2.05) is 42.5 Å². The number of pyridine rings is 1. The molecule has 1 fully saturated rings. The summed E-state index contributed by atoms with van der Waals surface area (Å²) in [5.74, 6) is 1.38. The molecule has 1 saturated heterocycles. The van der Waals surface area contributed by atoms with Gasteiger partial charge in [-0.3, -0.25) is 9.89 Å². The van der Waals surface area contributed by atoms with E-state index in [0.29, 0.717) is 25.6 Å². The Morgan fingerprint density at radius 2 is 1.61 bits per heavy atom. The van der Waals surface area contributed by atoms with Crippen molar-refractivity contribution >= 4 is 5.96 Å². The van der Waals surface area contributed by atoms with Crippen LogP contribution < -0.4 is 15.4 Å². The number of guanidine groups is 1. The van der Waals surface area contributed by atoms with Crippen molar-refractivity contribution in [3.63, 3.8) is 0 Å². The number of nitrogens with one attached hydrogen (secondary N) is 2. The van der Waals surface area contributed by atoms with E-state index in [1.54, 1.807) is 13.2 Å². The molecule has 1 aromatic heterocycles. The Balaban J connectivity index is 1.26. The van der Waals surface area contributed by atoms with E-state index in [9.17, 15) is 0 Å². The van der Waals surface area contributed by atoms with E-state index in [1.165, 1.54) is 37.1 Å². The van der Waals surface area contributed by atoms with Gasteiger partial charge < -0.3 is 15.4 Å². The maximum absolute atomic E-state index is 5.96. The first-order valence-electron chi connectivity index (χ1n) is 11.7. The first-order chi connectivity index (χ1) is 16.3. The third-order valence-corrected chi connectivity index (χ3v) is 5.83. The quantitative estimate of drug-likeness (QED) is 0.385. The molecule has 0 radical (unpaired) electrons. The predicted octanol–water partition coefficient (Wildman–Crippen LogP) is 4.12. The standard InChI is InChI=1S/C27H33N5O/c1-28-27(30-18-22-11-13-23(14-12-22)20-32-16-5-6-17-32)31-19-25-10-7-15-29-26(25)33-21-24-8-3-2-4-9-24/h2-4,7-15H,5-6,16-21H2,1H3,(H2,28,30,31). The van der Waals surface area contributed by atoms with Crippen molar-refractivity contribution in [2.24, 2.45) is 4.99 Å². The van der Waals surface area contributed by atoms with Crippen LogP contribution in [0, 0.1) is 0 Å². The van der Waals surface area contributed by atoms with Gasteiger partial charge in [0.2, 0.25) is 5.88 Å². The predicted molar refractivity (Wildman–Crippen MR) is 133 cm³/mol. The molecular formula is C27H33N5O. The molecule has 6 heteroatoms. The third-order valence-electron chi connectivity index (χ3n) is 5.83. The first kappa shape index (κ1) is 22.8. The van der Waals surface area contributed by atoms with Gasteiger partial charge in [-0.25, -0.2) is 4.98 Å². The minimum Gasteiger partial charge on any atom is -0.473 e. The number of hydrogen-bond acceptors (Lipinski definition) is 4. The smallest absolute Gasteiger partial charge is 0.218 e. The van der Waals surface area contributed by atoms with Crippen LogP contribution in [0.2, 0.25) is 0 Å². The zero-order chi connectivity index (χ0) is 22.7. The molecule has 3 aromatic rings. The van der Waals surface area contributed by atoms with Crippen LogP contribution in [0.3, 0.4) is 0 Å². The van der Waals surface area contributed by atoms with Crippen molar-refractivity contribution in [1.82, 2.24) is 20.5 Å². The van der Waals surface area contributed by atoms with E-state index >= 15 is 0 Å². The summed E-state index contributed by atoms with van der Waals surface area (Å²) < 4.78 is 5.96. The molecule has 172 valence electrons. The molecule has 6 nitrogen and oxygen atoms in total. The number of ether oxygens (including phenoxy) is 1. The van der Waals surface area contributed by atoms with Crippen LogP contribution in [-0.4, -0.2) is 36.0 Å². The van der Waals surface area contributed by atoms with Crippen LogP contribution >= 0.6 is 0 Å². The minimum absolute atomic E-state index is 0.492. The maximum Gasteiger partial charge on any atom is 0.218 e. The van der Waals surface area contributed by atoms with Gasteiger partial charge >= 0.3 is 0 Å². The van der Waals surface area contributed by atoms with E-state index < -0.39 is 0 Å². The van der Waals surface area contributed by atoms with Gasteiger partial charge in [-0.15, -0.1) is 0 Å². The Kier molecular flexibility index (Phi) is 8.30. The lowest BCUT2D eigenvalue weighted by Gasteiger charge is -2.16. The van der Waals surface area contributed by atoms with Crippen molar-refractivity contribution in [1.29, 1.82) is 0 Å². The Labute approximate surface area is 196 Å². The SMILES string of the molecule is CN=C(NCc1ccc(CN2CCCC2)cc1)NCc1cccnc1OCc1ccccc1. The number of likely N-dealkylation sites (tertiary alicyclic amines) is 1. The zero-order valence-corrected chi connectivity index (χ0v) is 19.3. The van der Waals surface area contributed by atoms with Crippen molar-refractivity contribution < 1.29 is 4.74 Å². The molecule has 0 unspecified atom stereocenters. The van der Waals surface area contributed by atoms with E-state index in [4.69, 9.17) is 4.74 Å². The van der Waals surface area contributed by atoms with Gasteiger partial charge in [-0.1, -0.05) is 60.7 Å². The second kappa shape index (κ2) is 12.0. The molecule has 0 saturated carbocycles. The topological polar surface area (TPSA) is 61.8 Å². The minimum atomic E-state index is 0.492. The lowest BCUT2D eigenvalue weighted by Crippen LogP contribution is -2.36. The van der Waals surface area contributed by atoms with Gasteiger partial charge in [0.15, 0.2) is 5.96 Å². The van der Waals surface area contributed by atoms with E-state index in [2.05, 4.69) is 49.8 Å². The lowest BCUT2D eigenvalue weighted by molar-refractivity contribution is 0.290. The Morgan fingerprint density at radius 1 is 0.879 bits per heavy atom. The van der Waals surface area contributed by atoms with Crippen LogP contribution in [-0.2, 0) is 26.2 Å². The first-order valence-corrected chi connectivity index (χ1v) is 11.7. The average molecular weight is 444 g/mol. The summed E-state index contributed by atoms with van der Waals surface area (Å²) in [6.45, 7) is 5.28. The van der Waals surface area contributed by atoms with Gasteiger partial charge in [0.25, 0.3) is 0 Å². The van der Waals surface area contributed by atoms with Gasteiger partial charge in [0.1, 0.15) is 6.61 Å². The Morgan fingerprint density at radius 3 is 2.36 bits per heavy atom. The molecule has 33 heavy (non-hydrogen) atoms. The highest BCUT2D eigenvalue weighted by atomic mass is 16.5.